The number of benzene rings is 2. The molecule has 0 saturated heterocycles. The third-order valence-electron chi connectivity index (χ3n) is 4.28. The van der Waals surface area contributed by atoms with E-state index in [1.54, 1.807) is 18.3 Å². The molecule has 4 aromatic rings. The van der Waals surface area contributed by atoms with Gasteiger partial charge in [-0.15, -0.1) is 0 Å². The number of amides is 1. The zero-order valence-electron chi connectivity index (χ0n) is 13.5. The van der Waals surface area contributed by atoms with Crippen molar-refractivity contribution in [3.8, 4) is 0 Å². The van der Waals surface area contributed by atoms with Gasteiger partial charge in [0.25, 0.3) is 5.91 Å². The van der Waals surface area contributed by atoms with Crippen LogP contribution in [-0.2, 0) is 6.54 Å². The number of para-hydroxylation sites is 1. The summed E-state index contributed by atoms with van der Waals surface area (Å²) in [5.74, 6) is 0.0753. The third kappa shape index (κ3) is 2.74. The van der Waals surface area contributed by atoms with Crippen LogP contribution in [0, 0.1) is 12.7 Å². The molecule has 124 valence electrons. The Kier molecular flexibility index (Phi) is 3.69. The number of pyridine rings is 1. The van der Waals surface area contributed by atoms with E-state index in [1.807, 2.05) is 31.2 Å². The van der Waals surface area contributed by atoms with E-state index in [9.17, 15) is 9.18 Å². The number of aryl methyl sites for hydroxylation is 1. The van der Waals surface area contributed by atoms with Crippen molar-refractivity contribution in [2.45, 2.75) is 13.5 Å². The molecule has 0 radical (unpaired) electrons. The lowest BCUT2D eigenvalue weighted by Crippen LogP contribution is -2.23. The zero-order chi connectivity index (χ0) is 17.4. The number of rotatable bonds is 3. The smallest absolute Gasteiger partial charge is 0.253 e. The van der Waals surface area contributed by atoms with Gasteiger partial charge in [-0.3, -0.25) is 9.78 Å². The van der Waals surface area contributed by atoms with E-state index < -0.39 is 0 Å². The van der Waals surface area contributed by atoms with Gasteiger partial charge in [0.1, 0.15) is 17.2 Å². The quantitative estimate of drug-likeness (QED) is 0.606. The van der Waals surface area contributed by atoms with Gasteiger partial charge in [-0.05, 0) is 37.3 Å². The normalized spacial score (nSPS) is 11.1. The van der Waals surface area contributed by atoms with Crippen molar-refractivity contribution in [1.29, 1.82) is 0 Å². The molecule has 0 aliphatic rings. The molecule has 1 amide bonds. The van der Waals surface area contributed by atoms with Gasteiger partial charge in [0, 0.05) is 22.5 Å². The number of fused-ring (bicyclic) bond motifs is 2. The van der Waals surface area contributed by atoms with Crippen molar-refractivity contribution < 1.29 is 13.6 Å². The molecule has 4 rings (SSSR count). The summed E-state index contributed by atoms with van der Waals surface area (Å²) in [6, 6.07) is 13.6. The van der Waals surface area contributed by atoms with E-state index in [0.717, 1.165) is 16.3 Å². The summed E-state index contributed by atoms with van der Waals surface area (Å²) in [5.41, 5.74) is 2.60. The molecule has 0 spiro atoms. The van der Waals surface area contributed by atoms with Crippen LogP contribution in [0.4, 0.5) is 4.39 Å². The van der Waals surface area contributed by atoms with Crippen molar-refractivity contribution in [1.82, 2.24) is 10.3 Å². The van der Waals surface area contributed by atoms with Gasteiger partial charge >= 0.3 is 0 Å². The van der Waals surface area contributed by atoms with Gasteiger partial charge in [0.2, 0.25) is 0 Å². The average Bonchev–Trinajstić information content (AvgIpc) is 2.95. The summed E-state index contributed by atoms with van der Waals surface area (Å²) >= 11 is 0. The van der Waals surface area contributed by atoms with Crippen LogP contribution in [0.25, 0.3) is 21.9 Å². The first-order valence-corrected chi connectivity index (χ1v) is 7.93. The molecule has 2 aromatic carbocycles. The molecule has 0 unspecified atom stereocenters. The van der Waals surface area contributed by atoms with E-state index in [-0.39, 0.29) is 18.3 Å². The largest absolute Gasteiger partial charge is 0.459 e. The molecule has 2 heterocycles. The highest BCUT2D eigenvalue weighted by Crippen LogP contribution is 2.26. The Balaban J connectivity index is 1.61. The molecule has 0 bridgehead atoms. The molecule has 0 fully saturated rings. The Bertz CT molecular complexity index is 1100. The second-order valence-electron chi connectivity index (χ2n) is 5.85. The van der Waals surface area contributed by atoms with Crippen molar-refractivity contribution in [3.63, 3.8) is 0 Å². The summed E-state index contributed by atoms with van der Waals surface area (Å²) in [6.45, 7) is 2.08. The van der Waals surface area contributed by atoms with E-state index in [1.165, 1.54) is 12.1 Å². The molecule has 4 nitrogen and oxygen atoms in total. The number of hydrogen-bond donors (Lipinski definition) is 1. The predicted octanol–water partition coefficient (Wildman–Crippen LogP) is 4.36. The Morgan fingerprint density at radius 3 is 2.92 bits per heavy atom. The number of furan rings is 1. The number of nitrogens with one attached hydrogen (secondary N) is 1. The van der Waals surface area contributed by atoms with Crippen molar-refractivity contribution >= 4 is 27.8 Å². The first kappa shape index (κ1) is 15.3. The highest BCUT2D eigenvalue weighted by atomic mass is 19.1. The highest BCUT2D eigenvalue weighted by Gasteiger charge is 2.14. The Hall–Kier alpha value is -3.21. The minimum Gasteiger partial charge on any atom is -0.459 e. The summed E-state index contributed by atoms with van der Waals surface area (Å²) in [6.07, 6.45) is 1.66. The molecule has 0 atom stereocenters. The minimum atomic E-state index is -0.311. The third-order valence-corrected chi connectivity index (χ3v) is 4.28. The number of carbonyl (C=O) groups is 1. The number of hydrogen-bond acceptors (Lipinski definition) is 3. The zero-order valence-corrected chi connectivity index (χ0v) is 13.5. The van der Waals surface area contributed by atoms with E-state index in [0.29, 0.717) is 22.4 Å². The van der Waals surface area contributed by atoms with Crippen LogP contribution >= 0.6 is 0 Å². The number of aromatic nitrogens is 1. The highest BCUT2D eigenvalue weighted by molar-refractivity contribution is 6.05. The lowest BCUT2D eigenvalue weighted by molar-refractivity contribution is 0.0949. The maximum Gasteiger partial charge on any atom is 0.253 e. The predicted molar refractivity (Wildman–Crippen MR) is 93.8 cm³/mol. The molecular formula is C20H15FN2O2. The van der Waals surface area contributed by atoms with Crippen LogP contribution in [0.5, 0.6) is 0 Å². The fraction of sp³-hybridized carbons (Fsp3) is 0.100. The average molecular weight is 334 g/mol. The van der Waals surface area contributed by atoms with E-state index in [4.69, 9.17) is 4.42 Å². The van der Waals surface area contributed by atoms with Gasteiger partial charge in [0.15, 0.2) is 0 Å². The summed E-state index contributed by atoms with van der Waals surface area (Å²) < 4.78 is 19.1. The van der Waals surface area contributed by atoms with E-state index in [2.05, 4.69) is 10.3 Å². The number of halogens is 1. The standard InChI is InChI=1S/C20H15FN2O2/c1-12-16-10-14(21)7-8-17(16)25-18(12)11-23-20(24)15-6-2-4-13-5-3-9-22-19(13)15/h2-10H,11H2,1H3,(H,23,24). The minimum absolute atomic E-state index is 0.226. The monoisotopic (exact) mass is 334 g/mol. The molecule has 0 aliphatic carbocycles. The SMILES string of the molecule is Cc1c(CNC(=O)c2cccc3cccnc23)oc2ccc(F)cc12. The van der Waals surface area contributed by atoms with Gasteiger partial charge in [-0.1, -0.05) is 18.2 Å². The van der Waals surface area contributed by atoms with Crippen LogP contribution in [0.1, 0.15) is 21.7 Å². The molecule has 1 N–H and O–H groups in total. The second kappa shape index (κ2) is 6.02. The van der Waals surface area contributed by atoms with Crippen molar-refractivity contribution in [2.24, 2.45) is 0 Å². The Morgan fingerprint density at radius 1 is 1.20 bits per heavy atom. The summed E-state index contributed by atoms with van der Waals surface area (Å²) in [4.78, 5) is 16.9. The van der Waals surface area contributed by atoms with Crippen LogP contribution < -0.4 is 5.32 Å². The first-order chi connectivity index (χ1) is 12.1. The topological polar surface area (TPSA) is 55.1 Å². The molecule has 0 saturated carbocycles. The van der Waals surface area contributed by atoms with Gasteiger partial charge in [-0.2, -0.15) is 0 Å². The lowest BCUT2D eigenvalue weighted by Gasteiger charge is -2.06. The molecule has 0 aliphatic heterocycles. The van der Waals surface area contributed by atoms with Crippen LogP contribution in [-0.4, -0.2) is 10.9 Å². The molecule has 25 heavy (non-hydrogen) atoms. The maximum absolute atomic E-state index is 13.4. The van der Waals surface area contributed by atoms with Crippen molar-refractivity contribution in [2.75, 3.05) is 0 Å². The Labute approximate surface area is 143 Å². The molecular weight excluding hydrogens is 319 g/mol. The van der Waals surface area contributed by atoms with Gasteiger partial charge in [0.05, 0.1) is 17.6 Å². The fourth-order valence-corrected chi connectivity index (χ4v) is 2.96. The van der Waals surface area contributed by atoms with Crippen LogP contribution in [0.3, 0.4) is 0 Å². The van der Waals surface area contributed by atoms with Gasteiger partial charge < -0.3 is 9.73 Å². The van der Waals surface area contributed by atoms with E-state index >= 15 is 0 Å². The Morgan fingerprint density at radius 2 is 2.04 bits per heavy atom. The maximum atomic E-state index is 13.4. The summed E-state index contributed by atoms with van der Waals surface area (Å²) in [5, 5.41) is 4.48. The van der Waals surface area contributed by atoms with Crippen LogP contribution in [0.15, 0.2) is 59.1 Å². The fourth-order valence-electron chi connectivity index (χ4n) is 2.96. The van der Waals surface area contributed by atoms with Gasteiger partial charge in [-0.25, -0.2) is 4.39 Å². The summed E-state index contributed by atoms with van der Waals surface area (Å²) in [7, 11) is 0. The number of carbonyl (C=O) groups excluding carboxylic acids is 1. The lowest BCUT2D eigenvalue weighted by atomic mass is 10.1. The van der Waals surface area contributed by atoms with Crippen molar-refractivity contribution in [3.05, 3.63) is 77.4 Å². The first-order valence-electron chi connectivity index (χ1n) is 7.93. The van der Waals surface area contributed by atoms with Crippen LogP contribution in [0.2, 0.25) is 0 Å². The second-order valence-corrected chi connectivity index (χ2v) is 5.85. The molecule has 2 aromatic heterocycles. The molecule has 5 heteroatoms. The number of nitrogens with zero attached hydrogens (tertiary/aromatic N) is 1.